The molecule has 1 aromatic carbocycles. The topological polar surface area (TPSA) is 69.9 Å². The molecule has 0 unspecified atom stereocenters. The first-order valence-electron chi connectivity index (χ1n) is 5.59. The molecule has 1 rings (SSSR count). The fraction of sp³-hybridized carbons (Fsp3) is 0.500. The Bertz CT molecular complexity index is 392. The van der Waals surface area contributed by atoms with Gasteiger partial charge in [0.15, 0.2) is 0 Å². The third-order valence-electron chi connectivity index (χ3n) is 2.52. The second kappa shape index (κ2) is 7.45. The molecule has 2 atom stereocenters. The van der Waals surface area contributed by atoms with E-state index < -0.39 is 12.2 Å². The summed E-state index contributed by atoms with van der Waals surface area (Å²) in [5, 5.41) is 29.1. The average molecular weight is 384 g/mol. The molecule has 0 aliphatic heterocycles. The van der Waals surface area contributed by atoms with Crippen LogP contribution in [0.15, 0.2) is 21.1 Å². The Morgan fingerprint density at radius 2 is 2.00 bits per heavy atom. The number of phenolic OH excluding ortho intramolecular Hbond substituents is 1. The summed E-state index contributed by atoms with van der Waals surface area (Å²) in [6.07, 6.45) is -1.24. The summed E-state index contributed by atoms with van der Waals surface area (Å²) >= 11 is 6.51. The van der Waals surface area contributed by atoms with Gasteiger partial charge in [-0.15, -0.1) is 0 Å². The molecule has 0 amide bonds. The van der Waals surface area contributed by atoms with Crippen LogP contribution in [0.2, 0.25) is 0 Å². The normalized spacial score (nSPS) is 14.5. The standard InChI is InChI=1S/C12H16Br2O4/c1-2-18-10(3-4-15)12(17)8-5-7(13)6-9(14)11(8)16/h5-6,10,12,15-17H,2-4H2,1H3/t10-,12-/m0/s1. The molecule has 0 aliphatic carbocycles. The second-order valence-corrected chi connectivity index (χ2v) is 5.55. The van der Waals surface area contributed by atoms with Crippen molar-refractivity contribution in [3.05, 3.63) is 26.6 Å². The highest BCUT2D eigenvalue weighted by molar-refractivity contribution is 9.11. The molecule has 102 valence electrons. The molecule has 0 bridgehead atoms. The van der Waals surface area contributed by atoms with Gasteiger partial charge in [-0.1, -0.05) is 15.9 Å². The van der Waals surface area contributed by atoms with Crippen molar-refractivity contribution in [1.82, 2.24) is 0 Å². The van der Waals surface area contributed by atoms with Gasteiger partial charge in [0.2, 0.25) is 0 Å². The van der Waals surface area contributed by atoms with E-state index in [2.05, 4.69) is 31.9 Å². The fourth-order valence-electron chi connectivity index (χ4n) is 1.69. The third kappa shape index (κ3) is 3.93. The summed E-state index contributed by atoms with van der Waals surface area (Å²) in [6, 6.07) is 3.32. The molecule has 0 spiro atoms. The van der Waals surface area contributed by atoms with Gasteiger partial charge in [-0.3, -0.25) is 0 Å². The van der Waals surface area contributed by atoms with Gasteiger partial charge in [-0.25, -0.2) is 0 Å². The fourth-order valence-corrected chi connectivity index (χ4v) is 2.94. The lowest BCUT2D eigenvalue weighted by Crippen LogP contribution is -2.24. The quantitative estimate of drug-likeness (QED) is 0.706. The summed E-state index contributed by atoms with van der Waals surface area (Å²) in [6.45, 7) is 2.16. The van der Waals surface area contributed by atoms with Gasteiger partial charge >= 0.3 is 0 Å². The Hall–Kier alpha value is -0.140. The SMILES string of the molecule is CCO[C@@H](CCO)[C@@H](O)c1cc(Br)cc(Br)c1O. The first-order valence-corrected chi connectivity index (χ1v) is 7.18. The lowest BCUT2D eigenvalue weighted by atomic mass is 10.0. The molecule has 0 fully saturated rings. The van der Waals surface area contributed by atoms with E-state index in [-0.39, 0.29) is 12.4 Å². The minimum absolute atomic E-state index is 0.0201. The maximum absolute atomic E-state index is 10.2. The Kier molecular flexibility index (Phi) is 6.59. The molecule has 0 aliphatic rings. The number of hydrogen-bond acceptors (Lipinski definition) is 4. The van der Waals surface area contributed by atoms with Crippen LogP contribution in [-0.2, 0) is 4.74 Å². The van der Waals surface area contributed by atoms with Crippen LogP contribution >= 0.6 is 31.9 Å². The molecular formula is C12H16Br2O4. The Balaban J connectivity index is 3.03. The van der Waals surface area contributed by atoms with E-state index >= 15 is 0 Å². The number of benzene rings is 1. The number of aliphatic hydroxyl groups excluding tert-OH is 2. The molecule has 0 radical (unpaired) electrons. The predicted octanol–water partition coefficient (Wildman–Crippen LogP) is 2.74. The molecule has 0 saturated heterocycles. The number of phenols is 1. The first-order chi connectivity index (χ1) is 8.51. The van der Waals surface area contributed by atoms with E-state index in [0.717, 1.165) is 4.47 Å². The van der Waals surface area contributed by atoms with Crippen molar-refractivity contribution in [1.29, 1.82) is 0 Å². The molecule has 0 heterocycles. The van der Waals surface area contributed by atoms with Crippen LogP contribution in [0, 0.1) is 0 Å². The van der Waals surface area contributed by atoms with Gasteiger partial charge in [0.05, 0.1) is 10.6 Å². The van der Waals surface area contributed by atoms with Crippen molar-refractivity contribution in [2.75, 3.05) is 13.2 Å². The van der Waals surface area contributed by atoms with E-state index in [1.165, 1.54) is 0 Å². The summed E-state index contributed by atoms with van der Waals surface area (Å²) in [5.74, 6) is -0.0201. The zero-order valence-electron chi connectivity index (χ0n) is 9.94. The zero-order valence-corrected chi connectivity index (χ0v) is 13.1. The van der Waals surface area contributed by atoms with Crippen molar-refractivity contribution in [2.45, 2.75) is 25.6 Å². The van der Waals surface area contributed by atoms with Crippen LogP contribution < -0.4 is 0 Å². The number of rotatable bonds is 6. The summed E-state index contributed by atoms with van der Waals surface area (Å²) in [4.78, 5) is 0. The lowest BCUT2D eigenvalue weighted by molar-refractivity contribution is -0.0456. The first kappa shape index (κ1) is 15.9. The second-order valence-electron chi connectivity index (χ2n) is 3.78. The Labute approximate surface area is 123 Å². The lowest BCUT2D eigenvalue weighted by Gasteiger charge is -2.23. The van der Waals surface area contributed by atoms with Crippen molar-refractivity contribution >= 4 is 31.9 Å². The average Bonchev–Trinajstić information content (AvgIpc) is 2.32. The summed E-state index contributed by atoms with van der Waals surface area (Å²) in [7, 11) is 0. The smallest absolute Gasteiger partial charge is 0.135 e. The van der Waals surface area contributed by atoms with Crippen molar-refractivity contribution in [3.63, 3.8) is 0 Å². The number of aromatic hydroxyl groups is 1. The maximum Gasteiger partial charge on any atom is 0.135 e. The van der Waals surface area contributed by atoms with Gasteiger partial charge in [0.1, 0.15) is 11.9 Å². The van der Waals surface area contributed by atoms with E-state index in [1.807, 2.05) is 6.92 Å². The molecule has 0 aromatic heterocycles. The Morgan fingerprint density at radius 3 is 2.56 bits per heavy atom. The molecule has 3 N–H and O–H groups in total. The minimum atomic E-state index is -0.995. The van der Waals surface area contributed by atoms with E-state index in [1.54, 1.807) is 12.1 Å². The summed E-state index contributed by atoms with van der Waals surface area (Å²) < 4.78 is 6.61. The highest BCUT2D eigenvalue weighted by atomic mass is 79.9. The third-order valence-corrected chi connectivity index (χ3v) is 3.59. The van der Waals surface area contributed by atoms with Crippen molar-refractivity contribution < 1.29 is 20.1 Å². The highest BCUT2D eigenvalue weighted by Crippen LogP contribution is 2.37. The van der Waals surface area contributed by atoms with Crippen LogP contribution in [0.4, 0.5) is 0 Å². The largest absolute Gasteiger partial charge is 0.506 e. The molecule has 0 saturated carbocycles. The number of halogens is 2. The van der Waals surface area contributed by atoms with Crippen molar-refractivity contribution in [3.8, 4) is 5.75 Å². The van der Waals surface area contributed by atoms with Gasteiger partial charge in [-0.05, 0) is 41.4 Å². The number of ether oxygens (including phenoxy) is 1. The molecule has 6 heteroatoms. The number of aliphatic hydroxyl groups is 2. The van der Waals surface area contributed by atoms with Crippen LogP contribution in [0.5, 0.6) is 5.75 Å². The van der Waals surface area contributed by atoms with E-state index in [4.69, 9.17) is 9.84 Å². The van der Waals surface area contributed by atoms with Gasteiger partial charge < -0.3 is 20.1 Å². The van der Waals surface area contributed by atoms with Crippen LogP contribution in [-0.4, -0.2) is 34.6 Å². The minimum Gasteiger partial charge on any atom is -0.506 e. The monoisotopic (exact) mass is 382 g/mol. The van der Waals surface area contributed by atoms with Crippen LogP contribution in [0.25, 0.3) is 0 Å². The molecule has 4 nitrogen and oxygen atoms in total. The Morgan fingerprint density at radius 1 is 1.33 bits per heavy atom. The molecular weight excluding hydrogens is 368 g/mol. The van der Waals surface area contributed by atoms with Crippen molar-refractivity contribution in [2.24, 2.45) is 0 Å². The van der Waals surface area contributed by atoms with Crippen LogP contribution in [0.3, 0.4) is 0 Å². The van der Waals surface area contributed by atoms with Gasteiger partial charge in [0, 0.05) is 23.2 Å². The van der Waals surface area contributed by atoms with E-state index in [9.17, 15) is 10.2 Å². The highest BCUT2D eigenvalue weighted by Gasteiger charge is 2.24. The maximum atomic E-state index is 10.2. The van der Waals surface area contributed by atoms with Gasteiger partial charge in [-0.2, -0.15) is 0 Å². The summed E-state index contributed by atoms with van der Waals surface area (Å²) in [5.41, 5.74) is 0.364. The molecule has 1 aromatic rings. The predicted molar refractivity (Wildman–Crippen MR) is 75.6 cm³/mol. The zero-order chi connectivity index (χ0) is 13.7. The van der Waals surface area contributed by atoms with E-state index in [0.29, 0.717) is 23.1 Å². The number of hydrogen-bond donors (Lipinski definition) is 3. The van der Waals surface area contributed by atoms with Gasteiger partial charge in [0.25, 0.3) is 0 Å². The molecule has 18 heavy (non-hydrogen) atoms. The van der Waals surface area contributed by atoms with Crippen LogP contribution in [0.1, 0.15) is 25.0 Å².